The van der Waals surface area contributed by atoms with Crippen LogP contribution in [0.3, 0.4) is 0 Å². The number of aryl methyl sites for hydroxylation is 1. The summed E-state index contributed by atoms with van der Waals surface area (Å²) in [5.41, 5.74) is 2.17. The van der Waals surface area contributed by atoms with E-state index in [-0.39, 0.29) is 4.90 Å². The highest BCUT2D eigenvalue weighted by Gasteiger charge is 2.20. The van der Waals surface area contributed by atoms with Gasteiger partial charge in [0.05, 0.1) is 17.4 Å². The fourth-order valence-electron chi connectivity index (χ4n) is 1.94. The molecule has 3 rings (SSSR count). The fourth-order valence-corrected chi connectivity index (χ4v) is 4.06. The van der Waals surface area contributed by atoms with Crippen LogP contribution in [0.5, 0.6) is 0 Å². The maximum absolute atomic E-state index is 12.5. The van der Waals surface area contributed by atoms with Crippen molar-refractivity contribution >= 4 is 50.1 Å². The van der Waals surface area contributed by atoms with Crippen molar-refractivity contribution in [2.24, 2.45) is 0 Å². The first-order valence-corrected chi connectivity index (χ1v) is 8.57. The van der Waals surface area contributed by atoms with Crippen molar-refractivity contribution in [2.45, 2.75) is 11.8 Å². The van der Waals surface area contributed by atoms with Gasteiger partial charge in [0.1, 0.15) is 15.9 Å². The van der Waals surface area contributed by atoms with Gasteiger partial charge in [0.25, 0.3) is 10.0 Å². The standard InChI is InChI=1S/C13H10ClN3O2S2/c1-8-7-9(14)5-6-10(8)17-21(18,19)12-4-2-3-11-13(12)16-20-15-11/h2-7,17H,1H3. The molecular weight excluding hydrogens is 330 g/mol. The number of halogens is 1. The van der Waals surface area contributed by atoms with Gasteiger partial charge >= 0.3 is 0 Å². The molecule has 0 fully saturated rings. The van der Waals surface area contributed by atoms with Crippen LogP contribution in [0.15, 0.2) is 41.3 Å². The van der Waals surface area contributed by atoms with Crippen LogP contribution in [0.2, 0.25) is 5.02 Å². The lowest BCUT2D eigenvalue weighted by molar-refractivity contribution is 0.602. The van der Waals surface area contributed by atoms with E-state index in [0.717, 1.165) is 17.3 Å². The summed E-state index contributed by atoms with van der Waals surface area (Å²) in [5, 5.41) is 0.557. The molecule has 1 N–H and O–H groups in total. The zero-order chi connectivity index (χ0) is 15.0. The summed E-state index contributed by atoms with van der Waals surface area (Å²) in [6.45, 7) is 1.79. The van der Waals surface area contributed by atoms with E-state index in [1.165, 1.54) is 6.07 Å². The first-order chi connectivity index (χ1) is 9.97. The van der Waals surface area contributed by atoms with E-state index in [2.05, 4.69) is 13.5 Å². The molecule has 5 nitrogen and oxygen atoms in total. The van der Waals surface area contributed by atoms with Crippen LogP contribution >= 0.6 is 23.3 Å². The van der Waals surface area contributed by atoms with Gasteiger partial charge in [0.2, 0.25) is 0 Å². The number of sulfonamides is 1. The lowest BCUT2D eigenvalue weighted by atomic mass is 10.2. The average molecular weight is 340 g/mol. The first kappa shape index (κ1) is 14.2. The second kappa shape index (κ2) is 5.25. The second-order valence-electron chi connectivity index (χ2n) is 4.45. The number of hydrogen-bond donors (Lipinski definition) is 1. The van der Waals surface area contributed by atoms with Crippen molar-refractivity contribution in [1.29, 1.82) is 0 Å². The Labute approximate surface area is 131 Å². The topological polar surface area (TPSA) is 72.0 Å². The van der Waals surface area contributed by atoms with Crippen molar-refractivity contribution in [1.82, 2.24) is 8.75 Å². The van der Waals surface area contributed by atoms with Gasteiger partial charge < -0.3 is 0 Å². The molecule has 108 valence electrons. The van der Waals surface area contributed by atoms with Crippen molar-refractivity contribution in [2.75, 3.05) is 4.72 Å². The molecule has 0 atom stereocenters. The first-order valence-electron chi connectivity index (χ1n) is 5.97. The predicted octanol–water partition coefficient (Wildman–Crippen LogP) is 3.45. The molecule has 2 aromatic carbocycles. The van der Waals surface area contributed by atoms with Crippen molar-refractivity contribution < 1.29 is 8.42 Å². The minimum Gasteiger partial charge on any atom is -0.279 e. The monoisotopic (exact) mass is 339 g/mol. The quantitative estimate of drug-likeness (QED) is 0.793. The molecule has 0 radical (unpaired) electrons. The molecule has 0 saturated heterocycles. The van der Waals surface area contributed by atoms with E-state index < -0.39 is 10.0 Å². The molecule has 0 amide bonds. The van der Waals surface area contributed by atoms with Gasteiger partial charge in [0.15, 0.2) is 0 Å². The average Bonchev–Trinajstić information content (AvgIpc) is 2.90. The van der Waals surface area contributed by atoms with Gasteiger partial charge in [-0.05, 0) is 42.8 Å². The number of anilines is 1. The number of aromatic nitrogens is 2. The Balaban J connectivity index is 2.06. The van der Waals surface area contributed by atoms with Crippen LogP contribution in [-0.4, -0.2) is 17.2 Å². The molecule has 1 aromatic heterocycles. The Bertz CT molecular complexity index is 922. The van der Waals surface area contributed by atoms with Crippen LogP contribution < -0.4 is 4.72 Å². The van der Waals surface area contributed by atoms with Crippen molar-refractivity contribution in [3.05, 3.63) is 47.0 Å². The summed E-state index contributed by atoms with van der Waals surface area (Å²) in [6.07, 6.45) is 0. The molecule has 21 heavy (non-hydrogen) atoms. The summed E-state index contributed by atoms with van der Waals surface area (Å²) >= 11 is 6.86. The fraction of sp³-hybridized carbons (Fsp3) is 0.0769. The van der Waals surface area contributed by atoms with E-state index in [4.69, 9.17) is 11.6 Å². The molecule has 0 aliphatic carbocycles. The molecule has 8 heteroatoms. The van der Waals surface area contributed by atoms with Gasteiger partial charge in [-0.2, -0.15) is 8.75 Å². The largest absolute Gasteiger partial charge is 0.279 e. The highest BCUT2D eigenvalue weighted by molar-refractivity contribution is 7.93. The summed E-state index contributed by atoms with van der Waals surface area (Å²) in [5.74, 6) is 0. The highest BCUT2D eigenvalue weighted by Crippen LogP contribution is 2.26. The number of fused-ring (bicyclic) bond motifs is 1. The van der Waals surface area contributed by atoms with E-state index in [1.807, 2.05) is 0 Å². The number of nitrogens with zero attached hydrogens (tertiary/aromatic N) is 2. The zero-order valence-electron chi connectivity index (χ0n) is 10.9. The van der Waals surface area contributed by atoms with Crippen LogP contribution in [0.4, 0.5) is 5.69 Å². The molecule has 0 aliphatic rings. The predicted molar refractivity (Wildman–Crippen MR) is 84.4 cm³/mol. The van der Waals surface area contributed by atoms with Crippen molar-refractivity contribution in [3.63, 3.8) is 0 Å². The summed E-state index contributed by atoms with van der Waals surface area (Å²) in [6, 6.07) is 9.85. The Morgan fingerprint density at radius 2 is 2.00 bits per heavy atom. The van der Waals surface area contributed by atoms with Crippen LogP contribution in [-0.2, 0) is 10.0 Å². The number of nitrogens with one attached hydrogen (secondary N) is 1. The molecule has 0 spiro atoms. The van der Waals surface area contributed by atoms with E-state index >= 15 is 0 Å². The van der Waals surface area contributed by atoms with Crippen LogP contribution in [0.25, 0.3) is 11.0 Å². The third-order valence-electron chi connectivity index (χ3n) is 2.97. The second-order valence-corrected chi connectivity index (χ2v) is 7.07. The molecule has 3 aromatic rings. The maximum Gasteiger partial charge on any atom is 0.264 e. The third-order valence-corrected chi connectivity index (χ3v) is 5.15. The Morgan fingerprint density at radius 3 is 2.76 bits per heavy atom. The van der Waals surface area contributed by atoms with E-state index in [9.17, 15) is 8.42 Å². The Morgan fingerprint density at radius 1 is 1.19 bits per heavy atom. The lowest BCUT2D eigenvalue weighted by Crippen LogP contribution is -2.14. The molecule has 0 bridgehead atoms. The van der Waals surface area contributed by atoms with E-state index in [1.54, 1.807) is 37.3 Å². The molecule has 1 heterocycles. The minimum atomic E-state index is -3.73. The third kappa shape index (κ3) is 2.72. The Hall–Kier alpha value is -1.70. The molecular formula is C13H10ClN3O2S2. The maximum atomic E-state index is 12.5. The normalized spacial score (nSPS) is 11.7. The molecule has 0 unspecified atom stereocenters. The van der Waals surface area contributed by atoms with Gasteiger partial charge in [-0.1, -0.05) is 17.7 Å². The Kier molecular flexibility index (Phi) is 3.56. The van der Waals surface area contributed by atoms with Gasteiger partial charge in [-0.15, -0.1) is 0 Å². The summed E-state index contributed by atoms with van der Waals surface area (Å²) in [7, 11) is -3.73. The van der Waals surface area contributed by atoms with Crippen LogP contribution in [0, 0.1) is 6.92 Å². The van der Waals surface area contributed by atoms with E-state index in [0.29, 0.717) is 21.7 Å². The molecule has 0 aliphatic heterocycles. The zero-order valence-corrected chi connectivity index (χ0v) is 13.3. The SMILES string of the molecule is Cc1cc(Cl)ccc1NS(=O)(=O)c1cccc2nsnc12. The number of benzene rings is 2. The van der Waals surface area contributed by atoms with Gasteiger partial charge in [0, 0.05) is 5.02 Å². The summed E-state index contributed by atoms with van der Waals surface area (Å²) in [4.78, 5) is 0.114. The minimum absolute atomic E-state index is 0.114. The summed E-state index contributed by atoms with van der Waals surface area (Å²) < 4.78 is 35.8. The van der Waals surface area contributed by atoms with Gasteiger partial charge in [-0.25, -0.2) is 8.42 Å². The number of rotatable bonds is 3. The number of hydrogen-bond acceptors (Lipinski definition) is 5. The smallest absolute Gasteiger partial charge is 0.264 e. The highest BCUT2D eigenvalue weighted by atomic mass is 35.5. The van der Waals surface area contributed by atoms with Crippen LogP contribution in [0.1, 0.15) is 5.56 Å². The molecule has 0 saturated carbocycles. The van der Waals surface area contributed by atoms with Gasteiger partial charge in [-0.3, -0.25) is 4.72 Å². The van der Waals surface area contributed by atoms with Crippen molar-refractivity contribution in [3.8, 4) is 0 Å². The lowest BCUT2D eigenvalue weighted by Gasteiger charge is -2.11.